The number of carbonyl (C=O) groups is 1. The van der Waals surface area contributed by atoms with E-state index in [2.05, 4.69) is 18.2 Å². The van der Waals surface area contributed by atoms with E-state index in [1.807, 2.05) is 33.1 Å². The monoisotopic (exact) mass is 411 g/mol. The minimum atomic E-state index is -1.39. The van der Waals surface area contributed by atoms with Gasteiger partial charge in [0.15, 0.2) is 0 Å². The zero-order chi connectivity index (χ0) is 20.2. The highest BCUT2D eigenvalue weighted by Gasteiger charge is 2.43. The third-order valence-electron chi connectivity index (χ3n) is 4.70. The third-order valence-corrected chi connectivity index (χ3v) is 7.07. The van der Waals surface area contributed by atoms with Crippen molar-refractivity contribution < 1.29 is 18.8 Å². The van der Waals surface area contributed by atoms with Gasteiger partial charge < -0.3 is 14.0 Å². The number of thioether (sulfide) groups is 1. The van der Waals surface area contributed by atoms with Crippen molar-refractivity contribution in [3.8, 4) is 0 Å². The van der Waals surface area contributed by atoms with Crippen molar-refractivity contribution >= 4 is 35.3 Å². The Labute approximate surface area is 169 Å². The van der Waals surface area contributed by atoms with Crippen LogP contribution in [0, 0.1) is 11.8 Å². The fraction of sp³-hybridized carbons (Fsp3) is 0.600. The number of carbonyl (C=O) groups excluding carboxylic acids is 1. The van der Waals surface area contributed by atoms with E-state index in [0.29, 0.717) is 5.56 Å². The van der Waals surface area contributed by atoms with Gasteiger partial charge in [0.1, 0.15) is 33.8 Å². The fourth-order valence-electron chi connectivity index (χ4n) is 2.81. The maximum atomic E-state index is 12.6. The van der Waals surface area contributed by atoms with Crippen LogP contribution in [0.1, 0.15) is 45.0 Å². The molecule has 0 aliphatic carbocycles. The van der Waals surface area contributed by atoms with Gasteiger partial charge in [0.05, 0.1) is 11.8 Å². The molecule has 5 nitrogen and oxygen atoms in total. The average molecular weight is 412 g/mol. The highest BCUT2D eigenvalue weighted by Crippen LogP contribution is 2.37. The third kappa shape index (κ3) is 5.73. The fourth-order valence-corrected chi connectivity index (χ4v) is 4.27. The molecule has 150 valence electrons. The van der Waals surface area contributed by atoms with Gasteiger partial charge in [0.25, 0.3) is 0 Å². The smallest absolute Gasteiger partial charge is 0.338 e. The zero-order valence-electron chi connectivity index (χ0n) is 16.7. The number of ether oxygens (including phenoxy) is 2. The lowest BCUT2D eigenvalue weighted by atomic mass is 9.85. The second-order valence-corrected chi connectivity index (χ2v) is 10.6. The van der Waals surface area contributed by atoms with Crippen molar-refractivity contribution in [2.75, 3.05) is 6.26 Å². The summed E-state index contributed by atoms with van der Waals surface area (Å²) in [5.41, 5.74) is 0.462. The van der Waals surface area contributed by atoms with Crippen LogP contribution >= 0.6 is 11.8 Å². The van der Waals surface area contributed by atoms with E-state index in [-0.39, 0.29) is 23.2 Å². The summed E-state index contributed by atoms with van der Waals surface area (Å²) in [6.45, 7) is 9.75. The Morgan fingerprint density at radius 1 is 1.26 bits per heavy atom. The minimum Gasteiger partial charge on any atom is -0.591 e. The molecular weight excluding hydrogens is 382 g/mol. The standard InChI is InChI=1S/C20H29NO4S2/c1-13-14(2)19(26-6)24-16(12-21-27(23)20(3,4)5)17(13)25-18(22)15-10-8-7-9-11-15/h7-14,16-17,19H,1-6H3/b21-12+/t13-,14+,16+,17?,19?,27+/m0/s1. The second-order valence-electron chi connectivity index (χ2n) is 7.77. The van der Waals surface area contributed by atoms with E-state index in [0.717, 1.165) is 0 Å². The average Bonchev–Trinajstić information content (AvgIpc) is 2.64. The molecule has 2 unspecified atom stereocenters. The first kappa shape index (κ1) is 22.3. The lowest BCUT2D eigenvalue weighted by molar-refractivity contribution is -0.113. The Morgan fingerprint density at radius 3 is 2.44 bits per heavy atom. The largest absolute Gasteiger partial charge is 0.591 e. The van der Waals surface area contributed by atoms with Crippen LogP contribution in [0.5, 0.6) is 0 Å². The van der Waals surface area contributed by atoms with Gasteiger partial charge in [-0.2, -0.15) is 0 Å². The molecule has 0 aromatic heterocycles. The van der Waals surface area contributed by atoms with Gasteiger partial charge in [-0.3, -0.25) is 0 Å². The van der Waals surface area contributed by atoms with E-state index >= 15 is 0 Å². The van der Waals surface area contributed by atoms with Crippen molar-refractivity contribution in [2.45, 2.75) is 57.0 Å². The van der Waals surface area contributed by atoms with E-state index in [1.165, 1.54) is 0 Å². The van der Waals surface area contributed by atoms with Gasteiger partial charge in [-0.05, 0) is 45.1 Å². The molecule has 1 aromatic rings. The molecule has 0 amide bonds. The molecule has 1 fully saturated rings. The summed E-state index contributed by atoms with van der Waals surface area (Å²) in [6, 6.07) is 8.90. The molecule has 1 saturated heterocycles. The van der Waals surface area contributed by atoms with Gasteiger partial charge in [-0.1, -0.05) is 36.4 Å². The first-order valence-corrected chi connectivity index (χ1v) is 11.4. The summed E-state index contributed by atoms with van der Waals surface area (Å²) in [5, 5.41) is 0. The molecule has 1 aliphatic rings. The number of nitrogens with zero attached hydrogens (tertiary/aromatic N) is 1. The summed E-state index contributed by atoms with van der Waals surface area (Å²) in [7, 11) is 0. The van der Waals surface area contributed by atoms with Crippen LogP contribution in [0.3, 0.4) is 0 Å². The van der Waals surface area contributed by atoms with Crippen LogP contribution in [0.2, 0.25) is 0 Å². The molecule has 0 spiro atoms. The Balaban J connectivity index is 2.22. The number of benzene rings is 1. The van der Waals surface area contributed by atoms with E-state index in [9.17, 15) is 9.35 Å². The SMILES string of the molecule is CSC1O[C@H](/C=N/[S@+]([O-])C(C)(C)C)C(OC(=O)c2ccccc2)[C@@H](C)[C@H]1C. The van der Waals surface area contributed by atoms with Crippen LogP contribution in [0.25, 0.3) is 0 Å². The predicted molar refractivity (Wildman–Crippen MR) is 113 cm³/mol. The first-order chi connectivity index (χ1) is 12.6. The highest BCUT2D eigenvalue weighted by atomic mass is 32.2. The van der Waals surface area contributed by atoms with Crippen molar-refractivity contribution in [3.63, 3.8) is 0 Å². The van der Waals surface area contributed by atoms with Crippen LogP contribution < -0.4 is 0 Å². The van der Waals surface area contributed by atoms with Crippen molar-refractivity contribution in [1.82, 2.24) is 0 Å². The molecule has 6 atom stereocenters. The van der Waals surface area contributed by atoms with Gasteiger partial charge in [0.2, 0.25) is 0 Å². The molecule has 1 aromatic carbocycles. The first-order valence-electron chi connectivity index (χ1n) is 9.05. The molecule has 1 heterocycles. The number of hydrogen-bond donors (Lipinski definition) is 0. The van der Waals surface area contributed by atoms with Crippen LogP contribution in [-0.4, -0.2) is 45.4 Å². The molecular formula is C20H29NO4S2. The van der Waals surface area contributed by atoms with E-state index in [4.69, 9.17) is 9.47 Å². The lowest BCUT2D eigenvalue weighted by Gasteiger charge is -2.42. The van der Waals surface area contributed by atoms with E-state index in [1.54, 1.807) is 42.2 Å². The summed E-state index contributed by atoms with van der Waals surface area (Å²) in [6.07, 6.45) is 2.52. The quantitative estimate of drug-likeness (QED) is 0.414. The van der Waals surface area contributed by atoms with Crippen LogP contribution in [0.15, 0.2) is 34.7 Å². The highest BCUT2D eigenvalue weighted by molar-refractivity contribution is 7.99. The van der Waals surface area contributed by atoms with Gasteiger partial charge in [-0.15, -0.1) is 11.8 Å². The van der Waals surface area contributed by atoms with Crippen molar-refractivity contribution in [1.29, 1.82) is 0 Å². The summed E-state index contributed by atoms with van der Waals surface area (Å²) in [5.74, 6) is -0.115. The summed E-state index contributed by atoms with van der Waals surface area (Å²) >= 11 is 0.225. The number of hydrogen-bond acceptors (Lipinski definition) is 6. The molecule has 0 bridgehead atoms. The molecule has 2 rings (SSSR count). The number of esters is 1. The Hall–Kier alpha value is -1.02. The zero-order valence-corrected chi connectivity index (χ0v) is 18.4. The molecule has 0 radical (unpaired) electrons. The lowest BCUT2D eigenvalue weighted by Crippen LogP contribution is -2.51. The molecule has 0 N–H and O–H groups in total. The molecule has 7 heteroatoms. The van der Waals surface area contributed by atoms with Crippen LogP contribution in [0.4, 0.5) is 0 Å². The van der Waals surface area contributed by atoms with Crippen molar-refractivity contribution in [2.24, 2.45) is 16.2 Å². The van der Waals surface area contributed by atoms with Gasteiger partial charge in [-0.25, -0.2) is 4.79 Å². The predicted octanol–water partition coefficient (Wildman–Crippen LogP) is 4.11. The van der Waals surface area contributed by atoms with Gasteiger partial charge >= 0.3 is 5.97 Å². The Bertz CT molecular complexity index is 647. The minimum absolute atomic E-state index is 0.0359. The molecule has 27 heavy (non-hydrogen) atoms. The summed E-state index contributed by atoms with van der Waals surface area (Å²) in [4.78, 5) is 12.6. The topological polar surface area (TPSA) is 70.9 Å². The van der Waals surface area contributed by atoms with E-state index < -0.39 is 28.3 Å². The maximum Gasteiger partial charge on any atom is 0.338 e. The normalized spacial score (nSPS) is 30.3. The Morgan fingerprint density at radius 2 is 1.89 bits per heavy atom. The van der Waals surface area contributed by atoms with Crippen LogP contribution in [-0.2, 0) is 20.8 Å². The maximum absolute atomic E-state index is 12.6. The van der Waals surface area contributed by atoms with Gasteiger partial charge in [0, 0.05) is 5.92 Å². The Kier molecular flexibility index (Phi) is 7.80. The number of rotatable bonds is 5. The summed E-state index contributed by atoms with van der Waals surface area (Å²) < 4.78 is 28.0. The molecule has 0 saturated carbocycles. The second kappa shape index (κ2) is 9.45. The van der Waals surface area contributed by atoms with Crippen molar-refractivity contribution in [3.05, 3.63) is 35.9 Å². The molecule has 1 aliphatic heterocycles.